The van der Waals surface area contributed by atoms with Gasteiger partial charge >= 0.3 is 0 Å². The number of unbranched alkanes of at least 4 members (excludes halogenated alkanes) is 1. The van der Waals surface area contributed by atoms with E-state index in [1.165, 1.54) is 5.56 Å². The van der Waals surface area contributed by atoms with Crippen LogP contribution in [0.4, 0.5) is 0 Å². The molecule has 1 atom stereocenters. The number of aliphatic imine (C=N–C) groups is 1. The van der Waals surface area contributed by atoms with Crippen LogP contribution in [0.3, 0.4) is 0 Å². The molecule has 1 unspecified atom stereocenters. The molecule has 0 saturated carbocycles. The maximum atomic E-state index is 11.9. The van der Waals surface area contributed by atoms with Crippen molar-refractivity contribution in [3.05, 3.63) is 70.1 Å². The number of benzene rings is 1. The zero-order chi connectivity index (χ0) is 18.8. The highest BCUT2D eigenvalue weighted by molar-refractivity contribution is 5.80. The first-order chi connectivity index (χ1) is 12.6. The largest absolute Gasteiger partial charge is 0.357 e. The summed E-state index contributed by atoms with van der Waals surface area (Å²) in [7, 11) is 0. The summed E-state index contributed by atoms with van der Waals surface area (Å²) in [5.41, 5.74) is 2.31. The summed E-state index contributed by atoms with van der Waals surface area (Å²) in [6, 6.07) is 15.9. The SMILES string of the molecule is CCNC(=NCCCCn1c(C)cccc1=O)NC(C)c1ccccc1. The van der Waals surface area contributed by atoms with Gasteiger partial charge in [0.1, 0.15) is 0 Å². The average Bonchev–Trinajstić information content (AvgIpc) is 2.64. The van der Waals surface area contributed by atoms with Crippen molar-refractivity contribution < 1.29 is 0 Å². The molecule has 5 heteroatoms. The van der Waals surface area contributed by atoms with Crippen LogP contribution in [0.1, 0.15) is 44.0 Å². The maximum absolute atomic E-state index is 11.9. The van der Waals surface area contributed by atoms with E-state index in [2.05, 4.69) is 41.6 Å². The van der Waals surface area contributed by atoms with E-state index in [1.54, 1.807) is 12.1 Å². The Balaban J connectivity index is 1.84. The maximum Gasteiger partial charge on any atom is 0.250 e. The standard InChI is InChI=1S/C21H30N4O/c1-4-22-21(24-18(3)19-12-6-5-7-13-19)23-15-8-9-16-25-17(2)11-10-14-20(25)26/h5-7,10-14,18H,4,8-9,15-16H2,1-3H3,(H2,22,23,24). The molecule has 0 radical (unpaired) electrons. The molecule has 0 bridgehead atoms. The molecule has 0 aliphatic carbocycles. The van der Waals surface area contributed by atoms with Gasteiger partial charge in [0.2, 0.25) is 0 Å². The predicted molar refractivity (Wildman–Crippen MR) is 109 cm³/mol. The summed E-state index contributed by atoms with van der Waals surface area (Å²) in [6.45, 7) is 8.47. The lowest BCUT2D eigenvalue weighted by Crippen LogP contribution is -2.38. The average molecular weight is 354 g/mol. The van der Waals surface area contributed by atoms with E-state index in [4.69, 9.17) is 0 Å². The summed E-state index contributed by atoms with van der Waals surface area (Å²) in [5, 5.41) is 6.74. The molecule has 2 rings (SSSR count). The first-order valence-corrected chi connectivity index (χ1v) is 9.38. The number of hydrogen-bond donors (Lipinski definition) is 2. The summed E-state index contributed by atoms with van der Waals surface area (Å²) in [5.74, 6) is 0.830. The van der Waals surface area contributed by atoms with E-state index < -0.39 is 0 Å². The van der Waals surface area contributed by atoms with Gasteiger partial charge in [-0.25, -0.2) is 0 Å². The van der Waals surface area contributed by atoms with Crippen LogP contribution in [-0.2, 0) is 6.54 Å². The molecule has 26 heavy (non-hydrogen) atoms. The number of guanidine groups is 1. The summed E-state index contributed by atoms with van der Waals surface area (Å²) in [4.78, 5) is 16.5. The topological polar surface area (TPSA) is 58.4 Å². The van der Waals surface area contributed by atoms with Gasteiger partial charge in [-0.05, 0) is 45.2 Å². The fourth-order valence-electron chi connectivity index (χ4n) is 2.83. The van der Waals surface area contributed by atoms with Gasteiger partial charge in [-0.1, -0.05) is 36.4 Å². The van der Waals surface area contributed by atoms with Gasteiger partial charge in [0.05, 0.1) is 6.04 Å². The number of pyridine rings is 1. The number of aryl methyl sites for hydroxylation is 1. The van der Waals surface area contributed by atoms with Gasteiger partial charge in [0, 0.05) is 31.4 Å². The number of rotatable bonds is 8. The Morgan fingerprint density at radius 2 is 1.88 bits per heavy atom. The summed E-state index contributed by atoms with van der Waals surface area (Å²) in [6.07, 6.45) is 1.87. The molecule has 0 saturated heterocycles. The highest BCUT2D eigenvalue weighted by Gasteiger charge is 2.06. The van der Waals surface area contributed by atoms with Crippen molar-refractivity contribution in [2.24, 2.45) is 4.99 Å². The number of hydrogen-bond acceptors (Lipinski definition) is 2. The van der Waals surface area contributed by atoms with E-state index in [1.807, 2.05) is 35.8 Å². The van der Waals surface area contributed by atoms with E-state index in [0.717, 1.165) is 44.1 Å². The summed E-state index contributed by atoms with van der Waals surface area (Å²) < 4.78 is 1.82. The minimum Gasteiger partial charge on any atom is -0.357 e. The number of nitrogens with zero attached hydrogens (tertiary/aromatic N) is 2. The summed E-state index contributed by atoms with van der Waals surface area (Å²) >= 11 is 0. The first-order valence-electron chi connectivity index (χ1n) is 9.38. The van der Waals surface area contributed by atoms with Crippen LogP contribution in [0.15, 0.2) is 58.3 Å². The van der Waals surface area contributed by atoms with Crippen molar-refractivity contribution in [2.45, 2.75) is 46.2 Å². The third-order valence-corrected chi connectivity index (χ3v) is 4.32. The van der Waals surface area contributed by atoms with Crippen molar-refractivity contribution in [2.75, 3.05) is 13.1 Å². The van der Waals surface area contributed by atoms with Crippen LogP contribution >= 0.6 is 0 Å². The van der Waals surface area contributed by atoms with Gasteiger partial charge in [0.25, 0.3) is 5.56 Å². The molecule has 2 N–H and O–H groups in total. The quantitative estimate of drug-likeness (QED) is 0.435. The normalized spacial score (nSPS) is 12.7. The minimum absolute atomic E-state index is 0.0696. The molecule has 0 aliphatic heterocycles. The third kappa shape index (κ3) is 6.06. The predicted octanol–water partition coefficient (Wildman–Crippen LogP) is 3.25. The highest BCUT2D eigenvalue weighted by atomic mass is 16.1. The Kier molecular flexibility index (Phi) is 7.93. The molecule has 5 nitrogen and oxygen atoms in total. The van der Waals surface area contributed by atoms with E-state index >= 15 is 0 Å². The second-order valence-corrected chi connectivity index (χ2v) is 6.40. The smallest absolute Gasteiger partial charge is 0.250 e. The lowest BCUT2D eigenvalue weighted by Gasteiger charge is -2.18. The molecule has 140 valence electrons. The zero-order valence-corrected chi connectivity index (χ0v) is 16.0. The molecule has 0 aliphatic rings. The van der Waals surface area contributed by atoms with Crippen LogP contribution in [0.25, 0.3) is 0 Å². The van der Waals surface area contributed by atoms with Gasteiger partial charge in [-0.3, -0.25) is 9.79 Å². The van der Waals surface area contributed by atoms with E-state index in [-0.39, 0.29) is 11.6 Å². The van der Waals surface area contributed by atoms with Crippen LogP contribution in [0, 0.1) is 6.92 Å². The zero-order valence-electron chi connectivity index (χ0n) is 16.0. The Hall–Kier alpha value is -2.56. The molecule has 1 aromatic heterocycles. The van der Waals surface area contributed by atoms with E-state index in [0.29, 0.717) is 0 Å². The number of nitrogens with one attached hydrogen (secondary N) is 2. The van der Waals surface area contributed by atoms with Crippen LogP contribution in [-0.4, -0.2) is 23.6 Å². The fraction of sp³-hybridized carbons (Fsp3) is 0.429. The van der Waals surface area contributed by atoms with Gasteiger partial charge in [-0.15, -0.1) is 0 Å². The van der Waals surface area contributed by atoms with Crippen LogP contribution in [0.2, 0.25) is 0 Å². The highest BCUT2D eigenvalue weighted by Crippen LogP contribution is 2.10. The molecule has 0 spiro atoms. The molecule has 2 aromatic rings. The second kappa shape index (κ2) is 10.4. The fourth-order valence-corrected chi connectivity index (χ4v) is 2.83. The lowest BCUT2D eigenvalue weighted by atomic mass is 10.1. The van der Waals surface area contributed by atoms with Crippen molar-refractivity contribution >= 4 is 5.96 Å². The lowest BCUT2D eigenvalue weighted by molar-refractivity contribution is 0.584. The Morgan fingerprint density at radius 3 is 2.58 bits per heavy atom. The van der Waals surface area contributed by atoms with Crippen LogP contribution < -0.4 is 16.2 Å². The van der Waals surface area contributed by atoms with Crippen molar-refractivity contribution in [3.63, 3.8) is 0 Å². The molecule has 0 amide bonds. The monoisotopic (exact) mass is 354 g/mol. The number of aromatic nitrogens is 1. The van der Waals surface area contributed by atoms with Gasteiger partial charge in [0.15, 0.2) is 5.96 Å². The molecule has 1 heterocycles. The Morgan fingerprint density at radius 1 is 1.12 bits per heavy atom. The van der Waals surface area contributed by atoms with Gasteiger partial charge < -0.3 is 15.2 Å². The van der Waals surface area contributed by atoms with Crippen molar-refractivity contribution in [1.82, 2.24) is 15.2 Å². The van der Waals surface area contributed by atoms with Gasteiger partial charge in [-0.2, -0.15) is 0 Å². The molecular formula is C21H30N4O. The molecular weight excluding hydrogens is 324 g/mol. The first kappa shape index (κ1) is 19.8. The third-order valence-electron chi connectivity index (χ3n) is 4.32. The Labute approximate surface area is 156 Å². The van der Waals surface area contributed by atoms with Crippen molar-refractivity contribution in [3.8, 4) is 0 Å². The molecule has 0 fully saturated rings. The van der Waals surface area contributed by atoms with Crippen LogP contribution in [0.5, 0.6) is 0 Å². The van der Waals surface area contributed by atoms with E-state index in [9.17, 15) is 4.79 Å². The second-order valence-electron chi connectivity index (χ2n) is 6.40. The van der Waals surface area contributed by atoms with Crippen molar-refractivity contribution in [1.29, 1.82) is 0 Å². The minimum atomic E-state index is 0.0696. The Bertz CT molecular complexity index is 752. The molecule has 1 aromatic carbocycles.